The van der Waals surface area contributed by atoms with Crippen LogP contribution in [0.5, 0.6) is 0 Å². The molecule has 2 aromatic rings. The first-order valence-electron chi connectivity index (χ1n) is 8.42. The number of aromatic nitrogens is 4. The zero-order chi connectivity index (χ0) is 15.9. The number of nitrogens with zero attached hydrogens (tertiary/aromatic N) is 5. The van der Waals surface area contributed by atoms with Gasteiger partial charge < -0.3 is 14.7 Å². The van der Waals surface area contributed by atoms with Gasteiger partial charge in [-0.15, -0.1) is 5.10 Å². The van der Waals surface area contributed by atoms with Crippen molar-refractivity contribution in [1.29, 1.82) is 0 Å². The normalized spacial score (nSPS) is 18.3. The maximum atomic E-state index is 5.27. The minimum atomic E-state index is 0.406. The van der Waals surface area contributed by atoms with Crippen LogP contribution in [0.25, 0.3) is 0 Å². The van der Waals surface area contributed by atoms with Crippen molar-refractivity contribution in [1.82, 2.24) is 25.7 Å². The van der Waals surface area contributed by atoms with Gasteiger partial charge in [-0.05, 0) is 31.4 Å². The Hall–Kier alpha value is -2.02. The molecule has 1 N–H and O–H groups in total. The van der Waals surface area contributed by atoms with Gasteiger partial charge in [0.05, 0.1) is 6.54 Å². The van der Waals surface area contributed by atoms with Crippen molar-refractivity contribution in [3.63, 3.8) is 0 Å². The SMILES string of the molecule is CCCCc1nc(CN[C@@H]2CCCN(c3cccnn3)C2)no1. The van der Waals surface area contributed by atoms with Crippen molar-refractivity contribution in [2.75, 3.05) is 18.0 Å². The van der Waals surface area contributed by atoms with Crippen LogP contribution in [0.15, 0.2) is 22.9 Å². The third-order valence-corrected chi connectivity index (χ3v) is 4.11. The number of aryl methyl sites for hydroxylation is 1. The summed E-state index contributed by atoms with van der Waals surface area (Å²) in [5.74, 6) is 2.43. The molecule has 0 unspecified atom stereocenters. The van der Waals surface area contributed by atoms with E-state index in [4.69, 9.17) is 4.52 Å². The summed E-state index contributed by atoms with van der Waals surface area (Å²) in [7, 11) is 0. The molecule has 0 bridgehead atoms. The fourth-order valence-electron chi connectivity index (χ4n) is 2.84. The Labute approximate surface area is 136 Å². The van der Waals surface area contributed by atoms with E-state index in [1.807, 2.05) is 12.1 Å². The summed E-state index contributed by atoms with van der Waals surface area (Å²) in [6.07, 6.45) is 7.09. The summed E-state index contributed by atoms with van der Waals surface area (Å²) in [6, 6.07) is 4.34. The van der Waals surface area contributed by atoms with Gasteiger partial charge in [-0.25, -0.2) is 0 Å². The smallest absolute Gasteiger partial charge is 0.226 e. The highest BCUT2D eigenvalue weighted by Gasteiger charge is 2.21. The van der Waals surface area contributed by atoms with E-state index in [9.17, 15) is 0 Å². The minimum absolute atomic E-state index is 0.406. The van der Waals surface area contributed by atoms with Gasteiger partial charge in [0.15, 0.2) is 11.6 Å². The highest BCUT2D eigenvalue weighted by molar-refractivity contribution is 5.37. The summed E-state index contributed by atoms with van der Waals surface area (Å²) >= 11 is 0. The summed E-state index contributed by atoms with van der Waals surface area (Å²) in [5, 5.41) is 15.7. The average Bonchev–Trinajstić information content (AvgIpc) is 3.07. The quantitative estimate of drug-likeness (QED) is 0.836. The fourth-order valence-corrected chi connectivity index (χ4v) is 2.84. The molecule has 0 aromatic carbocycles. The van der Waals surface area contributed by atoms with Crippen LogP contribution in [0.3, 0.4) is 0 Å². The first-order chi connectivity index (χ1) is 11.3. The van der Waals surface area contributed by atoms with E-state index in [1.54, 1.807) is 6.20 Å². The molecule has 7 nitrogen and oxygen atoms in total. The second-order valence-electron chi connectivity index (χ2n) is 5.96. The van der Waals surface area contributed by atoms with Crippen LogP contribution in [-0.4, -0.2) is 39.5 Å². The van der Waals surface area contributed by atoms with Crippen molar-refractivity contribution in [3.8, 4) is 0 Å². The maximum absolute atomic E-state index is 5.27. The topological polar surface area (TPSA) is 80.0 Å². The molecule has 3 heterocycles. The molecular formula is C16H24N6O. The van der Waals surface area contributed by atoms with Gasteiger partial charge in [-0.1, -0.05) is 18.5 Å². The van der Waals surface area contributed by atoms with E-state index in [-0.39, 0.29) is 0 Å². The lowest BCUT2D eigenvalue weighted by molar-refractivity contribution is 0.363. The Morgan fingerprint density at radius 1 is 1.43 bits per heavy atom. The summed E-state index contributed by atoms with van der Waals surface area (Å²) < 4.78 is 5.27. The van der Waals surface area contributed by atoms with E-state index < -0.39 is 0 Å². The number of piperidine rings is 1. The summed E-state index contributed by atoms with van der Waals surface area (Å²) in [6.45, 7) is 4.76. The van der Waals surface area contributed by atoms with Crippen LogP contribution < -0.4 is 10.2 Å². The Morgan fingerprint density at radius 3 is 3.22 bits per heavy atom. The lowest BCUT2D eigenvalue weighted by atomic mass is 10.1. The van der Waals surface area contributed by atoms with Gasteiger partial charge in [0.2, 0.25) is 5.89 Å². The van der Waals surface area contributed by atoms with Gasteiger partial charge in [0.25, 0.3) is 0 Å². The van der Waals surface area contributed by atoms with Crippen LogP contribution in [0.4, 0.5) is 5.82 Å². The van der Waals surface area contributed by atoms with Crippen LogP contribution in [0, 0.1) is 0 Å². The molecule has 1 aliphatic heterocycles. The van der Waals surface area contributed by atoms with Gasteiger partial charge in [-0.3, -0.25) is 0 Å². The van der Waals surface area contributed by atoms with Crippen molar-refractivity contribution in [2.24, 2.45) is 0 Å². The summed E-state index contributed by atoms with van der Waals surface area (Å²) in [4.78, 5) is 6.71. The Bertz CT molecular complexity index is 587. The highest BCUT2D eigenvalue weighted by atomic mass is 16.5. The standard InChI is InChI=1S/C16H24N6O/c1-2-3-8-16-19-14(21-23-16)11-17-13-6-5-10-22(12-13)15-7-4-9-18-20-15/h4,7,9,13,17H,2-3,5-6,8,10-12H2,1H3/t13-/m1/s1. The monoisotopic (exact) mass is 316 g/mol. The van der Waals surface area contributed by atoms with E-state index in [0.29, 0.717) is 12.6 Å². The second-order valence-corrected chi connectivity index (χ2v) is 5.96. The Morgan fingerprint density at radius 2 is 2.39 bits per heavy atom. The number of unbranched alkanes of at least 4 members (excludes halogenated alkanes) is 1. The van der Waals surface area contributed by atoms with Gasteiger partial charge in [0.1, 0.15) is 0 Å². The molecule has 1 aliphatic rings. The van der Waals surface area contributed by atoms with Gasteiger partial charge >= 0.3 is 0 Å². The van der Waals surface area contributed by atoms with Crippen molar-refractivity contribution in [2.45, 2.75) is 51.6 Å². The molecule has 0 radical (unpaired) electrons. The van der Waals surface area contributed by atoms with Gasteiger partial charge in [-0.2, -0.15) is 10.1 Å². The van der Waals surface area contributed by atoms with Crippen molar-refractivity contribution in [3.05, 3.63) is 30.0 Å². The predicted molar refractivity (Wildman–Crippen MR) is 87.0 cm³/mol. The molecule has 3 rings (SSSR count). The highest BCUT2D eigenvalue weighted by Crippen LogP contribution is 2.16. The third-order valence-electron chi connectivity index (χ3n) is 4.11. The van der Waals surface area contributed by atoms with E-state index in [2.05, 4.69) is 37.5 Å². The molecule has 2 aromatic heterocycles. The minimum Gasteiger partial charge on any atom is -0.354 e. The molecule has 1 atom stereocenters. The third kappa shape index (κ3) is 4.48. The second kappa shape index (κ2) is 8.01. The predicted octanol–water partition coefficient (Wildman–Crippen LogP) is 1.96. The zero-order valence-electron chi connectivity index (χ0n) is 13.6. The molecule has 1 fully saturated rings. The van der Waals surface area contributed by atoms with E-state index in [0.717, 1.165) is 62.7 Å². The molecule has 0 spiro atoms. The van der Waals surface area contributed by atoms with Crippen LogP contribution in [-0.2, 0) is 13.0 Å². The fraction of sp³-hybridized carbons (Fsp3) is 0.625. The molecule has 0 saturated carbocycles. The molecular weight excluding hydrogens is 292 g/mol. The first-order valence-corrected chi connectivity index (χ1v) is 8.42. The number of rotatable bonds is 7. The lowest BCUT2D eigenvalue weighted by Gasteiger charge is -2.33. The van der Waals surface area contributed by atoms with Crippen LogP contribution in [0.1, 0.15) is 44.3 Å². The molecule has 23 heavy (non-hydrogen) atoms. The largest absolute Gasteiger partial charge is 0.354 e. The molecule has 0 amide bonds. The number of hydrogen-bond donors (Lipinski definition) is 1. The van der Waals surface area contributed by atoms with Crippen LogP contribution in [0.2, 0.25) is 0 Å². The van der Waals surface area contributed by atoms with E-state index >= 15 is 0 Å². The molecule has 1 saturated heterocycles. The summed E-state index contributed by atoms with van der Waals surface area (Å²) in [5.41, 5.74) is 0. The Balaban J connectivity index is 1.49. The number of anilines is 1. The van der Waals surface area contributed by atoms with Crippen molar-refractivity contribution >= 4 is 5.82 Å². The Kier molecular flexibility index (Phi) is 5.52. The van der Waals surface area contributed by atoms with Crippen LogP contribution >= 0.6 is 0 Å². The molecule has 124 valence electrons. The average molecular weight is 316 g/mol. The van der Waals surface area contributed by atoms with Crippen molar-refractivity contribution < 1.29 is 4.52 Å². The first kappa shape index (κ1) is 15.9. The molecule has 7 heteroatoms. The van der Waals surface area contributed by atoms with E-state index in [1.165, 1.54) is 0 Å². The van der Waals surface area contributed by atoms with Gasteiger partial charge in [0, 0.05) is 31.7 Å². The number of hydrogen-bond acceptors (Lipinski definition) is 7. The molecule has 0 aliphatic carbocycles. The lowest BCUT2D eigenvalue weighted by Crippen LogP contribution is -2.46. The maximum Gasteiger partial charge on any atom is 0.226 e. The number of nitrogens with one attached hydrogen (secondary N) is 1. The zero-order valence-corrected chi connectivity index (χ0v) is 13.6.